The van der Waals surface area contributed by atoms with Crippen molar-refractivity contribution in [2.45, 2.75) is 32.6 Å². The Bertz CT molecular complexity index is 562. The molecule has 0 radical (unpaired) electrons. The minimum Gasteiger partial charge on any atom is -0.494 e. The van der Waals surface area contributed by atoms with Gasteiger partial charge in [-0.25, -0.2) is 13.1 Å². The van der Waals surface area contributed by atoms with Gasteiger partial charge in [0.25, 0.3) is 0 Å². The molecule has 23 heavy (non-hydrogen) atoms. The normalized spacial score (nSPS) is 12.6. The first-order chi connectivity index (χ1) is 10.6. The van der Waals surface area contributed by atoms with E-state index in [2.05, 4.69) is 42.5 Å². The van der Waals surface area contributed by atoms with Gasteiger partial charge < -0.3 is 9.64 Å². The van der Waals surface area contributed by atoms with Gasteiger partial charge in [0.05, 0.1) is 12.9 Å². The molecule has 0 amide bonds. The third-order valence-corrected chi connectivity index (χ3v) is 4.26. The molecule has 5 nitrogen and oxygen atoms in total. The lowest BCUT2D eigenvalue weighted by atomic mass is 9.87. The number of hydrogen-bond acceptors (Lipinski definition) is 4. The smallest absolute Gasteiger partial charge is 0.208 e. The van der Waals surface area contributed by atoms with Crippen LogP contribution in [-0.4, -0.2) is 52.9 Å². The predicted molar refractivity (Wildman–Crippen MR) is 95.6 cm³/mol. The number of rotatable bonds is 9. The molecule has 132 valence electrons. The molecule has 0 saturated carbocycles. The molecule has 0 bridgehead atoms. The Labute approximate surface area is 141 Å². The minimum absolute atomic E-state index is 0.154. The topological polar surface area (TPSA) is 58.6 Å². The van der Waals surface area contributed by atoms with E-state index in [9.17, 15) is 8.42 Å². The summed E-state index contributed by atoms with van der Waals surface area (Å²) in [6.45, 7) is 9.22. The van der Waals surface area contributed by atoms with Crippen molar-refractivity contribution in [2.75, 3.05) is 39.5 Å². The summed E-state index contributed by atoms with van der Waals surface area (Å²) < 4.78 is 30.2. The van der Waals surface area contributed by atoms with Crippen LogP contribution in [0.5, 0.6) is 5.75 Å². The Balaban J connectivity index is 2.22. The second-order valence-corrected chi connectivity index (χ2v) is 8.78. The van der Waals surface area contributed by atoms with E-state index in [-0.39, 0.29) is 5.41 Å². The summed E-state index contributed by atoms with van der Waals surface area (Å²) in [4.78, 5) is 2.09. The van der Waals surface area contributed by atoms with E-state index in [0.717, 1.165) is 18.7 Å². The van der Waals surface area contributed by atoms with E-state index in [4.69, 9.17) is 4.74 Å². The van der Waals surface area contributed by atoms with Gasteiger partial charge in [-0.15, -0.1) is 0 Å². The molecule has 1 rings (SSSR count). The van der Waals surface area contributed by atoms with E-state index in [1.54, 1.807) is 0 Å². The molecule has 0 saturated heterocycles. The molecule has 1 aromatic carbocycles. The number of benzene rings is 1. The Hall–Kier alpha value is -1.11. The largest absolute Gasteiger partial charge is 0.494 e. The lowest BCUT2D eigenvalue weighted by Crippen LogP contribution is -2.33. The lowest BCUT2D eigenvalue weighted by molar-refractivity contribution is 0.264. The van der Waals surface area contributed by atoms with E-state index >= 15 is 0 Å². The van der Waals surface area contributed by atoms with Crippen molar-refractivity contribution in [3.8, 4) is 5.75 Å². The van der Waals surface area contributed by atoms with Crippen molar-refractivity contribution in [3.05, 3.63) is 29.8 Å². The zero-order valence-corrected chi connectivity index (χ0v) is 15.7. The van der Waals surface area contributed by atoms with Crippen molar-refractivity contribution in [1.82, 2.24) is 9.62 Å². The minimum atomic E-state index is -3.10. The maximum Gasteiger partial charge on any atom is 0.208 e. The molecule has 0 aromatic heterocycles. The van der Waals surface area contributed by atoms with Gasteiger partial charge in [-0.3, -0.25) is 0 Å². The van der Waals surface area contributed by atoms with Gasteiger partial charge in [0.15, 0.2) is 0 Å². The molecule has 1 aromatic rings. The molecule has 0 aliphatic carbocycles. The number of sulfonamides is 1. The third-order valence-electron chi connectivity index (χ3n) is 3.53. The van der Waals surface area contributed by atoms with Gasteiger partial charge in [-0.1, -0.05) is 32.9 Å². The van der Waals surface area contributed by atoms with Crippen LogP contribution in [0.25, 0.3) is 0 Å². The van der Waals surface area contributed by atoms with Gasteiger partial charge in [-0.05, 0) is 36.6 Å². The molecule has 0 atom stereocenters. The second kappa shape index (κ2) is 8.66. The average molecular weight is 343 g/mol. The van der Waals surface area contributed by atoms with Crippen molar-refractivity contribution >= 4 is 10.0 Å². The highest BCUT2D eigenvalue weighted by molar-refractivity contribution is 7.88. The third kappa shape index (κ3) is 8.93. The monoisotopic (exact) mass is 342 g/mol. The van der Waals surface area contributed by atoms with E-state index in [1.807, 2.05) is 19.2 Å². The molecule has 1 N–H and O–H groups in total. The van der Waals surface area contributed by atoms with Crippen LogP contribution in [0.1, 0.15) is 32.8 Å². The van der Waals surface area contributed by atoms with Crippen molar-refractivity contribution in [3.63, 3.8) is 0 Å². The number of ether oxygens (including phenoxy) is 1. The van der Waals surface area contributed by atoms with Gasteiger partial charge in [-0.2, -0.15) is 0 Å². The summed E-state index contributed by atoms with van der Waals surface area (Å²) in [6, 6.07) is 8.25. The van der Waals surface area contributed by atoms with Crippen LogP contribution in [0.3, 0.4) is 0 Å². The summed E-state index contributed by atoms with van der Waals surface area (Å²) >= 11 is 0. The van der Waals surface area contributed by atoms with Crippen LogP contribution in [0.15, 0.2) is 24.3 Å². The molecular formula is C17H30N2O3S. The molecular weight excluding hydrogens is 312 g/mol. The first kappa shape index (κ1) is 19.9. The lowest BCUT2D eigenvalue weighted by Gasteiger charge is -2.19. The van der Waals surface area contributed by atoms with Gasteiger partial charge >= 0.3 is 0 Å². The Morgan fingerprint density at radius 1 is 1.13 bits per heavy atom. The Morgan fingerprint density at radius 3 is 2.26 bits per heavy atom. The maximum absolute atomic E-state index is 11.0. The van der Waals surface area contributed by atoms with Crippen LogP contribution in [0.2, 0.25) is 0 Å². The summed E-state index contributed by atoms with van der Waals surface area (Å²) in [5.41, 5.74) is 1.45. The first-order valence-corrected chi connectivity index (χ1v) is 9.83. The molecule has 0 heterocycles. The van der Waals surface area contributed by atoms with Gasteiger partial charge in [0.1, 0.15) is 5.75 Å². The highest BCUT2D eigenvalue weighted by atomic mass is 32.2. The van der Waals surface area contributed by atoms with E-state index in [1.165, 1.54) is 11.8 Å². The van der Waals surface area contributed by atoms with Crippen LogP contribution in [0.4, 0.5) is 0 Å². The average Bonchev–Trinajstić information content (AvgIpc) is 2.42. The van der Waals surface area contributed by atoms with E-state index in [0.29, 0.717) is 19.7 Å². The van der Waals surface area contributed by atoms with Crippen LogP contribution >= 0.6 is 0 Å². The first-order valence-electron chi connectivity index (χ1n) is 7.94. The van der Waals surface area contributed by atoms with Crippen molar-refractivity contribution in [1.29, 1.82) is 0 Å². The van der Waals surface area contributed by atoms with Gasteiger partial charge in [0.2, 0.25) is 10.0 Å². The highest BCUT2D eigenvalue weighted by Crippen LogP contribution is 2.24. The molecule has 0 unspecified atom stereocenters. The molecule has 6 heteroatoms. The van der Waals surface area contributed by atoms with Crippen molar-refractivity contribution in [2.24, 2.45) is 0 Å². The van der Waals surface area contributed by atoms with Crippen LogP contribution < -0.4 is 9.46 Å². The summed E-state index contributed by atoms with van der Waals surface area (Å²) in [7, 11) is -1.12. The quantitative estimate of drug-likeness (QED) is 0.699. The predicted octanol–water partition coefficient (Wildman–Crippen LogP) is 2.23. The summed E-state index contributed by atoms with van der Waals surface area (Å²) in [5, 5.41) is 0. The molecule has 0 aliphatic rings. The van der Waals surface area contributed by atoms with Gasteiger partial charge in [0, 0.05) is 19.6 Å². The molecule has 0 fully saturated rings. The molecule has 0 aliphatic heterocycles. The summed E-state index contributed by atoms with van der Waals surface area (Å²) in [6.07, 6.45) is 2.07. The second-order valence-electron chi connectivity index (χ2n) is 6.95. The number of likely N-dealkylation sites (N-methyl/N-ethyl adjacent to an activating group) is 1. The zero-order valence-electron chi connectivity index (χ0n) is 14.9. The Kier molecular flexibility index (Phi) is 7.51. The standard InChI is InChI=1S/C17H30N2O3S/c1-17(2,3)15-7-9-16(10-8-15)22-14-6-12-19(4)13-11-18-23(5,20)21/h7-10,18H,6,11-14H2,1-5H3. The fraction of sp³-hybridized carbons (Fsp3) is 0.647. The molecule has 0 spiro atoms. The maximum atomic E-state index is 11.0. The summed E-state index contributed by atoms with van der Waals surface area (Å²) in [5.74, 6) is 0.888. The fourth-order valence-corrected chi connectivity index (χ4v) is 2.57. The SMILES string of the molecule is CN(CCCOc1ccc(C(C)(C)C)cc1)CCNS(C)(=O)=O. The van der Waals surface area contributed by atoms with Crippen molar-refractivity contribution < 1.29 is 13.2 Å². The number of nitrogens with zero attached hydrogens (tertiary/aromatic N) is 1. The van der Waals surface area contributed by atoms with E-state index < -0.39 is 10.0 Å². The zero-order chi connectivity index (χ0) is 17.5. The Morgan fingerprint density at radius 2 is 1.74 bits per heavy atom. The fourth-order valence-electron chi connectivity index (χ4n) is 2.11. The van der Waals surface area contributed by atoms with Crippen LogP contribution in [-0.2, 0) is 15.4 Å². The number of nitrogens with one attached hydrogen (secondary N) is 1. The highest BCUT2D eigenvalue weighted by Gasteiger charge is 2.12. The van der Waals surface area contributed by atoms with Crippen LogP contribution in [0, 0.1) is 0 Å². The number of hydrogen-bond donors (Lipinski definition) is 1.